The third-order valence-electron chi connectivity index (χ3n) is 3.41. The maximum absolute atomic E-state index is 4.74. The average molecular weight is 268 g/mol. The Balaban J connectivity index is 2.03. The molecule has 0 atom stereocenters. The lowest BCUT2D eigenvalue weighted by Gasteiger charge is -2.19. The molecule has 1 aliphatic heterocycles. The van der Waals surface area contributed by atoms with Crippen LogP contribution in [0.15, 0.2) is 0 Å². The van der Waals surface area contributed by atoms with Crippen molar-refractivity contribution in [1.29, 1.82) is 0 Å². The summed E-state index contributed by atoms with van der Waals surface area (Å²) in [4.78, 5) is 11.0. The summed E-state index contributed by atoms with van der Waals surface area (Å²) < 4.78 is 0. The summed E-state index contributed by atoms with van der Waals surface area (Å²) in [6.45, 7) is 10.8. The van der Waals surface area contributed by atoms with Crippen molar-refractivity contribution >= 4 is 16.5 Å². The van der Waals surface area contributed by atoms with E-state index in [1.165, 1.54) is 28.7 Å². The smallest absolute Gasteiger partial charge is 0.185 e. The average Bonchev–Trinajstić information content (AvgIpc) is 2.57. The van der Waals surface area contributed by atoms with Gasteiger partial charge in [0.2, 0.25) is 0 Å². The first-order valence-electron chi connectivity index (χ1n) is 6.81. The maximum atomic E-state index is 4.74. The Labute approximate surface area is 114 Å². The predicted octanol–water partition coefficient (Wildman–Crippen LogP) is 1.70. The molecule has 1 saturated heterocycles. The van der Waals surface area contributed by atoms with Crippen LogP contribution in [0, 0.1) is 6.92 Å². The Hall–Kier alpha value is -0.650. The molecular weight excluding hydrogens is 244 g/mol. The summed E-state index contributed by atoms with van der Waals surface area (Å²) in [5, 5.41) is 4.59. The van der Waals surface area contributed by atoms with E-state index in [-0.39, 0.29) is 0 Å². The molecule has 0 spiro atoms. The first-order valence-corrected chi connectivity index (χ1v) is 7.63. The molecule has 0 aliphatic carbocycles. The van der Waals surface area contributed by atoms with Crippen LogP contribution in [0.4, 0.5) is 5.13 Å². The fraction of sp³-hybridized carbons (Fsp3) is 0.769. The summed E-state index contributed by atoms with van der Waals surface area (Å²) >= 11 is 1.85. The van der Waals surface area contributed by atoms with E-state index in [9.17, 15) is 0 Å². The lowest BCUT2D eigenvalue weighted by atomic mass is 10.4. The number of aryl methyl sites for hydroxylation is 1. The second kappa shape index (κ2) is 6.50. The van der Waals surface area contributed by atoms with E-state index in [0.717, 1.165) is 32.7 Å². The normalized spacial score (nSPS) is 18.1. The van der Waals surface area contributed by atoms with E-state index >= 15 is 0 Å². The summed E-state index contributed by atoms with van der Waals surface area (Å²) in [5.41, 5.74) is 1.19. The molecular formula is C13H24N4S. The molecule has 0 saturated carbocycles. The zero-order chi connectivity index (χ0) is 13.0. The lowest BCUT2D eigenvalue weighted by Crippen LogP contribution is -2.28. The van der Waals surface area contributed by atoms with Gasteiger partial charge in [0.25, 0.3) is 0 Å². The van der Waals surface area contributed by atoms with Crippen LogP contribution in [-0.2, 0) is 6.54 Å². The molecule has 4 nitrogen and oxygen atoms in total. The number of rotatable bonds is 4. The Kier molecular flexibility index (Phi) is 4.97. The van der Waals surface area contributed by atoms with Crippen molar-refractivity contribution in [3.63, 3.8) is 0 Å². The number of thiazole rings is 1. The first-order chi connectivity index (χ1) is 8.70. The molecule has 102 valence electrons. The SMILES string of the molecule is CCNCc1sc(N2CCCN(C)CC2)nc1C. The molecule has 18 heavy (non-hydrogen) atoms. The van der Waals surface area contributed by atoms with Gasteiger partial charge >= 0.3 is 0 Å². The van der Waals surface area contributed by atoms with Crippen LogP contribution >= 0.6 is 11.3 Å². The summed E-state index contributed by atoms with van der Waals surface area (Å²) in [7, 11) is 2.20. The number of anilines is 1. The number of nitrogens with one attached hydrogen (secondary N) is 1. The van der Waals surface area contributed by atoms with Crippen molar-refractivity contribution < 1.29 is 0 Å². The second-order valence-electron chi connectivity index (χ2n) is 4.93. The fourth-order valence-corrected chi connectivity index (χ4v) is 3.27. The van der Waals surface area contributed by atoms with Gasteiger partial charge in [0.1, 0.15) is 0 Å². The highest BCUT2D eigenvalue weighted by Crippen LogP contribution is 2.26. The van der Waals surface area contributed by atoms with Crippen LogP contribution in [0.5, 0.6) is 0 Å². The van der Waals surface area contributed by atoms with Gasteiger partial charge in [0.15, 0.2) is 5.13 Å². The standard InChI is InChI=1S/C13H24N4S/c1-4-14-10-12-11(2)15-13(18-12)17-7-5-6-16(3)8-9-17/h14H,4-10H2,1-3H3. The molecule has 5 heteroatoms. The Morgan fingerprint density at radius 1 is 1.28 bits per heavy atom. The van der Waals surface area contributed by atoms with Gasteiger partial charge in [-0.3, -0.25) is 0 Å². The Morgan fingerprint density at radius 2 is 2.11 bits per heavy atom. The Morgan fingerprint density at radius 3 is 2.89 bits per heavy atom. The van der Waals surface area contributed by atoms with Crippen LogP contribution in [0.1, 0.15) is 23.9 Å². The second-order valence-corrected chi connectivity index (χ2v) is 5.99. The van der Waals surface area contributed by atoms with Gasteiger partial charge in [-0.05, 0) is 33.5 Å². The van der Waals surface area contributed by atoms with Crippen molar-refractivity contribution in [2.24, 2.45) is 0 Å². The van der Waals surface area contributed by atoms with E-state index in [1.807, 2.05) is 11.3 Å². The summed E-state index contributed by atoms with van der Waals surface area (Å²) in [6, 6.07) is 0. The van der Waals surface area contributed by atoms with Gasteiger partial charge in [0.05, 0.1) is 5.69 Å². The van der Waals surface area contributed by atoms with Crippen LogP contribution in [0.3, 0.4) is 0 Å². The van der Waals surface area contributed by atoms with Crippen molar-refractivity contribution in [2.45, 2.75) is 26.8 Å². The topological polar surface area (TPSA) is 31.4 Å². The molecule has 0 unspecified atom stereocenters. The minimum Gasteiger partial charge on any atom is -0.347 e. The molecule has 1 aromatic rings. The van der Waals surface area contributed by atoms with Gasteiger partial charge in [-0.1, -0.05) is 6.92 Å². The molecule has 1 aliphatic rings. The highest BCUT2D eigenvalue weighted by molar-refractivity contribution is 7.15. The molecule has 0 radical (unpaired) electrons. The van der Waals surface area contributed by atoms with E-state index in [4.69, 9.17) is 4.98 Å². The highest BCUT2D eigenvalue weighted by atomic mass is 32.1. The third kappa shape index (κ3) is 3.43. The predicted molar refractivity (Wildman–Crippen MR) is 78.6 cm³/mol. The maximum Gasteiger partial charge on any atom is 0.185 e. The van der Waals surface area contributed by atoms with Crippen molar-refractivity contribution in [3.8, 4) is 0 Å². The van der Waals surface area contributed by atoms with E-state index in [1.54, 1.807) is 0 Å². The molecule has 1 N–H and O–H groups in total. The quantitative estimate of drug-likeness (QED) is 0.901. The molecule has 2 rings (SSSR count). The minimum absolute atomic E-state index is 0.952. The first kappa shape index (κ1) is 13.8. The molecule has 1 fully saturated rings. The molecule has 1 aromatic heterocycles. The molecule has 2 heterocycles. The van der Waals surface area contributed by atoms with Crippen LogP contribution < -0.4 is 10.2 Å². The number of likely N-dealkylation sites (N-methyl/N-ethyl adjacent to an activating group) is 1. The highest BCUT2D eigenvalue weighted by Gasteiger charge is 2.17. The zero-order valence-electron chi connectivity index (χ0n) is 11.7. The molecule has 0 aromatic carbocycles. The van der Waals surface area contributed by atoms with Gasteiger partial charge < -0.3 is 15.1 Å². The molecule has 0 bridgehead atoms. The van der Waals surface area contributed by atoms with Gasteiger partial charge in [0, 0.05) is 31.1 Å². The van der Waals surface area contributed by atoms with Crippen molar-refractivity contribution in [1.82, 2.24) is 15.2 Å². The zero-order valence-corrected chi connectivity index (χ0v) is 12.5. The number of hydrogen-bond donors (Lipinski definition) is 1. The van der Waals surface area contributed by atoms with Crippen LogP contribution in [0.2, 0.25) is 0 Å². The number of nitrogens with zero attached hydrogens (tertiary/aromatic N) is 3. The number of aromatic nitrogens is 1. The van der Waals surface area contributed by atoms with Crippen molar-refractivity contribution in [3.05, 3.63) is 10.6 Å². The third-order valence-corrected chi connectivity index (χ3v) is 4.63. The van der Waals surface area contributed by atoms with Crippen LogP contribution in [0.25, 0.3) is 0 Å². The van der Waals surface area contributed by atoms with E-state index in [2.05, 4.69) is 36.0 Å². The summed E-state index contributed by atoms with van der Waals surface area (Å²) in [5.74, 6) is 0. The van der Waals surface area contributed by atoms with E-state index < -0.39 is 0 Å². The van der Waals surface area contributed by atoms with Crippen molar-refractivity contribution in [2.75, 3.05) is 44.7 Å². The Bertz CT molecular complexity index is 377. The summed E-state index contributed by atoms with van der Waals surface area (Å²) in [6.07, 6.45) is 1.23. The lowest BCUT2D eigenvalue weighted by molar-refractivity contribution is 0.360. The minimum atomic E-state index is 0.952. The largest absolute Gasteiger partial charge is 0.347 e. The number of hydrogen-bond acceptors (Lipinski definition) is 5. The van der Waals surface area contributed by atoms with Gasteiger partial charge in [-0.2, -0.15) is 0 Å². The van der Waals surface area contributed by atoms with Crippen LogP contribution in [-0.4, -0.2) is 49.7 Å². The fourth-order valence-electron chi connectivity index (χ4n) is 2.19. The molecule has 0 amide bonds. The van der Waals surface area contributed by atoms with Gasteiger partial charge in [-0.25, -0.2) is 4.98 Å². The van der Waals surface area contributed by atoms with Gasteiger partial charge in [-0.15, -0.1) is 11.3 Å². The monoisotopic (exact) mass is 268 g/mol. The van der Waals surface area contributed by atoms with E-state index in [0.29, 0.717) is 0 Å².